The van der Waals surface area contributed by atoms with Crippen molar-refractivity contribution in [2.45, 2.75) is 57.8 Å². The molecule has 11 heteroatoms. The molecule has 3 aliphatic rings. The van der Waals surface area contributed by atoms with Gasteiger partial charge in [0.15, 0.2) is 5.69 Å². The molecule has 154 valence electrons. The van der Waals surface area contributed by atoms with Gasteiger partial charge in [0.2, 0.25) is 0 Å². The lowest BCUT2D eigenvalue weighted by Crippen LogP contribution is -2.55. The van der Waals surface area contributed by atoms with Crippen LogP contribution in [0.2, 0.25) is 0 Å². The summed E-state index contributed by atoms with van der Waals surface area (Å²) in [4.78, 5) is 28.6. The number of aryl methyl sites for hydroxylation is 1. The average Bonchev–Trinajstić information content (AvgIpc) is 3.44. The van der Waals surface area contributed by atoms with Crippen LogP contribution in [0.5, 0.6) is 0 Å². The molecule has 2 aliphatic heterocycles. The Labute approximate surface area is 168 Å². The van der Waals surface area contributed by atoms with Gasteiger partial charge in [-0.1, -0.05) is 11.3 Å². The first kappa shape index (κ1) is 19.2. The van der Waals surface area contributed by atoms with Crippen molar-refractivity contribution in [1.29, 1.82) is 0 Å². The number of allylic oxidation sites excluding steroid dienone is 1. The lowest BCUT2D eigenvalue weighted by atomic mass is 9.80. The van der Waals surface area contributed by atoms with Crippen LogP contribution >= 0.6 is 0 Å². The van der Waals surface area contributed by atoms with Crippen LogP contribution in [-0.4, -0.2) is 70.5 Å². The van der Waals surface area contributed by atoms with E-state index in [4.69, 9.17) is 0 Å². The molecule has 1 aliphatic carbocycles. The van der Waals surface area contributed by atoms with E-state index in [0.29, 0.717) is 18.8 Å². The number of aromatic nitrogens is 7. The summed E-state index contributed by atoms with van der Waals surface area (Å²) in [5.41, 5.74) is -0.0330. The maximum atomic E-state index is 12.8. The zero-order valence-corrected chi connectivity index (χ0v) is 16.8. The molecule has 2 saturated heterocycles. The Kier molecular flexibility index (Phi) is 4.67. The van der Waals surface area contributed by atoms with Crippen molar-refractivity contribution < 1.29 is 9.59 Å². The van der Waals surface area contributed by atoms with Crippen LogP contribution in [0, 0.1) is 5.92 Å². The van der Waals surface area contributed by atoms with Gasteiger partial charge in [-0.3, -0.25) is 14.3 Å². The topological polar surface area (TPSA) is 124 Å². The van der Waals surface area contributed by atoms with Gasteiger partial charge in [-0.2, -0.15) is 4.80 Å². The van der Waals surface area contributed by atoms with Gasteiger partial charge >= 0.3 is 0 Å². The Hall–Kier alpha value is -3.11. The van der Waals surface area contributed by atoms with Crippen molar-refractivity contribution in [3.05, 3.63) is 30.4 Å². The van der Waals surface area contributed by atoms with Crippen molar-refractivity contribution in [1.82, 2.24) is 45.4 Å². The van der Waals surface area contributed by atoms with Crippen LogP contribution in [0.4, 0.5) is 0 Å². The van der Waals surface area contributed by atoms with Gasteiger partial charge in [-0.25, -0.2) is 0 Å². The van der Waals surface area contributed by atoms with E-state index in [9.17, 15) is 9.59 Å². The minimum atomic E-state index is -0.370. The molecule has 2 aromatic rings. The van der Waals surface area contributed by atoms with E-state index in [1.54, 1.807) is 21.9 Å². The summed E-state index contributed by atoms with van der Waals surface area (Å²) in [6.07, 6.45) is 5.07. The van der Waals surface area contributed by atoms with E-state index in [1.165, 1.54) is 4.80 Å². The van der Waals surface area contributed by atoms with Crippen molar-refractivity contribution in [3.63, 3.8) is 0 Å². The fourth-order valence-corrected chi connectivity index (χ4v) is 3.75. The Morgan fingerprint density at radius 3 is 2.79 bits per heavy atom. The number of rotatable bonds is 6. The predicted molar refractivity (Wildman–Crippen MR) is 102 cm³/mol. The molecular formula is C18H25N9O2. The summed E-state index contributed by atoms with van der Waals surface area (Å²) < 4.78 is 1.64. The highest BCUT2D eigenvalue weighted by Crippen LogP contribution is 2.41. The molecule has 0 aromatic carbocycles. The molecule has 0 radical (unpaired) electrons. The first-order valence-electron chi connectivity index (χ1n) is 9.71. The number of amides is 2. The molecule has 3 fully saturated rings. The summed E-state index contributed by atoms with van der Waals surface area (Å²) in [7, 11) is 0. The second-order valence-electron chi connectivity index (χ2n) is 8.54. The maximum absolute atomic E-state index is 12.8. The normalized spacial score (nSPS) is 23.0. The van der Waals surface area contributed by atoms with Crippen molar-refractivity contribution in [3.8, 4) is 0 Å². The van der Waals surface area contributed by atoms with Crippen LogP contribution in [0.1, 0.15) is 54.7 Å². The number of carbonyl (C=O) groups is 2. The molecule has 3 atom stereocenters. The molecular weight excluding hydrogens is 374 g/mol. The van der Waals surface area contributed by atoms with Crippen LogP contribution in [0.3, 0.4) is 0 Å². The molecule has 5 rings (SSSR count). The average molecular weight is 399 g/mol. The van der Waals surface area contributed by atoms with Crippen LogP contribution < -0.4 is 5.32 Å². The fraction of sp³-hybridized carbons (Fsp3) is 0.611. The monoisotopic (exact) mass is 399 g/mol. The Morgan fingerprint density at radius 2 is 2.10 bits per heavy atom. The van der Waals surface area contributed by atoms with Crippen LogP contribution in [0.25, 0.3) is 0 Å². The molecule has 0 spiro atoms. The largest absolute Gasteiger partial charge is 0.344 e. The number of hydrogen-bond donors (Lipinski definition) is 1. The molecule has 3 unspecified atom stereocenters. The van der Waals surface area contributed by atoms with Gasteiger partial charge in [0.05, 0.1) is 23.8 Å². The van der Waals surface area contributed by atoms with Crippen LogP contribution in [-0.2, 0) is 12.1 Å². The molecule has 2 amide bonds. The fourth-order valence-electron chi connectivity index (χ4n) is 3.75. The van der Waals surface area contributed by atoms with E-state index >= 15 is 0 Å². The summed E-state index contributed by atoms with van der Waals surface area (Å²) in [5, 5.41) is 22.9. The lowest BCUT2D eigenvalue weighted by molar-refractivity contribution is 0.0692. The number of carbonyl (C=O) groups excluding carboxylic acids is 2. The smallest absolute Gasteiger partial charge is 0.293 e. The molecule has 29 heavy (non-hydrogen) atoms. The quantitative estimate of drug-likeness (QED) is 0.690. The SMILES string of the molecule is C=CCCn1cc(C(=O)N2CC3CC2C3NC(=O)c2nnn(C(C)(C)C)n2)nn1. The zero-order chi connectivity index (χ0) is 20.8. The highest BCUT2D eigenvalue weighted by molar-refractivity contribution is 5.93. The van der Waals surface area contributed by atoms with Gasteiger partial charge in [0.1, 0.15) is 0 Å². The predicted octanol–water partition coefficient (Wildman–Crippen LogP) is 0.239. The minimum Gasteiger partial charge on any atom is -0.344 e. The number of tetrazole rings is 1. The van der Waals surface area contributed by atoms with Gasteiger partial charge < -0.3 is 10.2 Å². The number of fused-ring (bicyclic) bond motifs is 1. The molecule has 4 heterocycles. The molecule has 1 N–H and O–H groups in total. The highest BCUT2D eigenvalue weighted by atomic mass is 16.2. The third-order valence-electron chi connectivity index (χ3n) is 5.39. The number of nitrogens with zero attached hydrogens (tertiary/aromatic N) is 8. The van der Waals surface area contributed by atoms with Gasteiger partial charge in [0, 0.05) is 19.0 Å². The van der Waals surface area contributed by atoms with E-state index in [0.717, 1.165) is 12.8 Å². The highest BCUT2D eigenvalue weighted by Gasteiger charge is 2.54. The van der Waals surface area contributed by atoms with Gasteiger partial charge in [-0.05, 0) is 38.8 Å². The molecule has 11 nitrogen and oxygen atoms in total. The Balaban J connectivity index is 1.38. The number of nitrogens with one attached hydrogen (secondary N) is 1. The van der Waals surface area contributed by atoms with Gasteiger partial charge in [-0.15, -0.1) is 21.9 Å². The van der Waals surface area contributed by atoms with E-state index in [1.807, 2.05) is 20.8 Å². The second-order valence-corrected chi connectivity index (χ2v) is 8.54. The molecule has 2 aromatic heterocycles. The first-order valence-corrected chi connectivity index (χ1v) is 9.71. The summed E-state index contributed by atoms with van der Waals surface area (Å²) >= 11 is 0. The molecule has 1 saturated carbocycles. The third kappa shape index (κ3) is 3.52. The maximum Gasteiger partial charge on any atom is 0.293 e. The van der Waals surface area contributed by atoms with Crippen LogP contribution in [0.15, 0.2) is 18.9 Å². The summed E-state index contributed by atoms with van der Waals surface area (Å²) in [6.45, 7) is 10.7. The van der Waals surface area contributed by atoms with E-state index < -0.39 is 0 Å². The number of hydrogen-bond acceptors (Lipinski definition) is 7. The summed E-state index contributed by atoms with van der Waals surface area (Å²) in [6, 6.07) is -0.156. The summed E-state index contributed by atoms with van der Waals surface area (Å²) in [5.74, 6) is -0.267. The molecule has 2 bridgehead atoms. The first-order chi connectivity index (χ1) is 13.8. The zero-order valence-electron chi connectivity index (χ0n) is 16.8. The van der Waals surface area contributed by atoms with Crippen molar-refractivity contribution >= 4 is 11.8 Å². The van der Waals surface area contributed by atoms with E-state index in [2.05, 4.69) is 37.6 Å². The minimum absolute atomic E-state index is 0.0364. The second kappa shape index (κ2) is 7.05. The standard InChI is InChI=1S/C18H25N9O2/c1-5-6-7-25-10-12(20-23-25)17(29)26-9-11-8-13(26)14(11)19-16(28)15-21-24-27(22-15)18(2,3)4/h5,10-11,13-14H,1,6-9H2,2-4H3,(H,19,28). The lowest BCUT2D eigenvalue weighted by Gasteiger charge is -2.36. The Morgan fingerprint density at radius 1 is 1.31 bits per heavy atom. The van der Waals surface area contributed by atoms with Crippen molar-refractivity contribution in [2.24, 2.45) is 5.92 Å². The third-order valence-corrected chi connectivity index (χ3v) is 5.39. The van der Waals surface area contributed by atoms with E-state index in [-0.39, 0.29) is 41.2 Å². The van der Waals surface area contributed by atoms with Gasteiger partial charge in [0.25, 0.3) is 17.6 Å². The Bertz CT molecular complexity index is 941. The van der Waals surface area contributed by atoms with Crippen molar-refractivity contribution in [2.75, 3.05) is 6.54 Å².